The molecule has 0 aliphatic heterocycles. The Bertz CT molecular complexity index is 779. The maximum Gasteiger partial charge on any atom is 0.233 e. The molecule has 2 aromatic carbocycles. The molecule has 0 atom stereocenters. The average Bonchev–Trinajstić information content (AvgIpc) is 2.53. The zero-order valence-electron chi connectivity index (χ0n) is 13.8. The van der Waals surface area contributed by atoms with E-state index >= 15 is 0 Å². The lowest BCUT2D eigenvalue weighted by atomic mass is 10.2. The molecule has 0 heterocycles. The van der Waals surface area contributed by atoms with Crippen LogP contribution in [0.5, 0.6) is 5.75 Å². The molecule has 7 heteroatoms. The first-order valence-corrected chi connectivity index (χ1v) is 8.42. The van der Waals surface area contributed by atoms with Crippen LogP contribution in [0.15, 0.2) is 42.5 Å². The number of ether oxygens (including phenoxy) is 1. The van der Waals surface area contributed by atoms with Gasteiger partial charge in [-0.1, -0.05) is 41.4 Å². The van der Waals surface area contributed by atoms with Gasteiger partial charge in [-0.3, -0.25) is 9.59 Å². The molecule has 0 spiro atoms. The van der Waals surface area contributed by atoms with Gasteiger partial charge in [0.2, 0.25) is 11.8 Å². The Kier molecular flexibility index (Phi) is 6.67. The Hall–Kier alpha value is -2.24. The monoisotopic (exact) mass is 380 g/mol. The molecule has 0 aliphatic rings. The topological polar surface area (TPSA) is 67.4 Å². The zero-order chi connectivity index (χ0) is 18.4. The highest BCUT2D eigenvalue weighted by molar-refractivity contribution is 6.44. The van der Waals surface area contributed by atoms with Crippen LogP contribution >= 0.6 is 23.2 Å². The molecule has 0 saturated heterocycles. The number of rotatable bonds is 6. The molecule has 2 aromatic rings. The van der Waals surface area contributed by atoms with Gasteiger partial charge in [-0.05, 0) is 38.1 Å². The summed E-state index contributed by atoms with van der Waals surface area (Å²) < 4.78 is 5.63. The van der Waals surface area contributed by atoms with E-state index in [0.29, 0.717) is 22.1 Å². The van der Waals surface area contributed by atoms with Crippen LogP contribution in [0.25, 0.3) is 0 Å². The van der Waals surface area contributed by atoms with Gasteiger partial charge in [-0.2, -0.15) is 0 Å². The molecular formula is C18H18Cl2N2O3. The lowest BCUT2D eigenvalue weighted by molar-refractivity contribution is -0.123. The van der Waals surface area contributed by atoms with Crippen LogP contribution < -0.4 is 15.4 Å². The van der Waals surface area contributed by atoms with Crippen molar-refractivity contribution in [2.24, 2.45) is 0 Å². The summed E-state index contributed by atoms with van der Waals surface area (Å²) >= 11 is 11.9. The van der Waals surface area contributed by atoms with Crippen LogP contribution in [0.1, 0.15) is 20.3 Å². The van der Waals surface area contributed by atoms with Gasteiger partial charge in [0.25, 0.3) is 0 Å². The molecular weight excluding hydrogens is 363 g/mol. The fourth-order valence-corrected chi connectivity index (χ4v) is 2.41. The minimum absolute atomic E-state index is 0.0358. The third kappa shape index (κ3) is 5.66. The molecule has 0 bridgehead atoms. The molecule has 25 heavy (non-hydrogen) atoms. The molecule has 2 rings (SSSR count). The summed E-state index contributed by atoms with van der Waals surface area (Å²) in [5.74, 6) is -0.413. The quantitative estimate of drug-likeness (QED) is 0.710. The summed E-state index contributed by atoms with van der Waals surface area (Å²) in [5.41, 5.74) is 0.866. The van der Waals surface area contributed by atoms with E-state index < -0.39 is 11.8 Å². The third-order valence-electron chi connectivity index (χ3n) is 3.07. The number of carbonyl (C=O) groups is 2. The number of halogens is 2. The van der Waals surface area contributed by atoms with Crippen molar-refractivity contribution in [2.75, 3.05) is 10.6 Å². The highest BCUT2D eigenvalue weighted by atomic mass is 35.5. The Morgan fingerprint density at radius 1 is 0.960 bits per heavy atom. The SMILES string of the molecule is CC(C)Oc1ccccc1NC(=O)CC(=O)Nc1cccc(Cl)c1Cl. The van der Waals surface area contributed by atoms with Crippen LogP contribution in [0.3, 0.4) is 0 Å². The van der Waals surface area contributed by atoms with Crippen LogP contribution in [-0.2, 0) is 9.59 Å². The van der Waals surface area contributed by atoms with E-state index in [9.17, 15) is 9.59 Å². The summed E-state index contributed by atoms with van der Waals surface area (Å²) in [5, 5.41) is 5.79. The zero-order valence-corrected chi connectivity index (χ0v) is 15.3. The fraction of sp³-hybridized carbons (Fsp3) is 0.222. The van der Waals surface area contributed by atoms with E-state index in [4.69, 9.17) is 27.9 Å². The van der Waals surface area contributed by atoms with Crippen LogP contribution in [-0.4, -0.2) is 17.9 Å². The average molecular weight is 381 g/mol. The van der Waals surface area contributed by atoms with Gasteiger partial charge >= 0.3 is 0 Å². The molecule has 0 fully saturated rings. The summed E-state index contributed by atoms with van der Waals surface area (Å²) in [6.07, 6.45) is -0.398. The predicted octanol–water partition coefficient (Wildman–Crippen LogP) is 4.75. The van der Waals surface area contributed by atoms with Gasteiger partial charge in [0.1, 0.15) is 12.2 Å². The highest BCUT2D eigenvalue weighted by Crippen LogP contribution is 2.29. The lowest BCUT2D eigenvalue weighted by Gasteiger charge is -2.14. The number of para-hydroxylation sites is 2. The normalized spacial score (nSPS) is 10.4. The van der Waals surface area contributed by atoms with Gasteiger partial charge in [-0.25, -0.2) is 0 Å². The molecule has 0 radical (unpaired) electrons. The first kappa shape index (κ1) is 19.1. The van der Waals surface area contributed by atoms with E-state index in [1.165, 1.54) is 0 Å². The van der Waals surface area contributed by atoms with Gasteiger partial charge < -0.3 is 15.4 Å². The minimum Gasteiger partial charge on any atom is -0.489 e. The van der Waals surface area contributed by atoms with E-state index in [1.54, 1.807) is 42.5 Å². The highest BCUT2D eigenvalue weighted by Gasteiger charge is 2.14. The van der Waals surface area contributed by atoms with Crippen molar-refractivity contribution in [3.05, 3.63) is 52.5 Å². The molecule has 0 saturated carbocycles. The van der Waals surface area contributed by atoms with Gasteiger partial charge in [0.15, 0.2) is 0 Å². The maximum absolute atomic E-state index is 12.1. The molecule has 5 nitrogen and oxygen atoms in total. The van der Waals surface area contributed by atoms with Gasteiger partial charge in [0, 0.05) is 0 Å². The minimum atomic E-state index is -0.496. The Morgan fingerprint density at radius 3 is 2.24 bits per heavy atom. The molecule has 0 unspecified atom stereocenters. The number of anilines is 2. The van der Waals surface area contributed by atoms with E-state index in [2.05, 4.69) is 10.6 Å². The molecule has 0 aliphatic carbocycles. The summed E-state index contributed by atoms with van der Waals surface area (Å²) in [7, 11) is 0. The van der Waals surface area contributed by atoms with Crippen LogP contribution in [0, 0.1) is 0 Å². The second kappa shape index (κ2) is 8.74. The largest absolute Gasteiger partial charge is 0.489 e. The first-order valence-electron chi connectivity index (χ1n) is 7.66. The predicted molar refractivity (Wildman–Crippen MR) is 101 cm³/mol. The Balaban J connectivity index is 1.98. The third-order valence-corrected chi connectivity index (χ3v) is 3.89. The number of nitrogens with one attached hydrogen (secondary N) is 2. The summed E-state index contributed by atoms with van der Waals surface area (Å²) in [4.78, 5) is 24.2. The smallest absolute Gasteiger partial charge is 0.233 e. The summed E-state index contributed by atoms with van der Waals surface area (Å²) in [6.45, 7) is 3.78. The second-order valence-electron chi connectivity index (χ2n) is 5.54. The van der Waals surface area contributed by atoms with Gasteiger partial charge in [0.05, 0.1) is 27.5 Å². The maximum atomic E-state index is 12.1. The molecule has 0 aromatic heterocycles. The van der Waals surface area contributed by atoms with Crippen molar-refractivity contribution in [2.45, 2.75) is 26.4 Å². The standard InChI is InChI=1S/C18H18Cl2N2O3/c1-11(2)25-15-9-4-3-7-13(15)21-16(23)10-17(24)22-14-8-5-6-12(19)18(14)20/h3-9,11H,10H2,1-2H3,(H,21,23)(H,22,24). The van der Waals surface area contributed by atoms with E-state index in [1.807, 2.05) is 13.8 Å². The van der Waals surface area contributed by atoms with Crippen molar-refractivity contribution in [3.63, 3.8) is 0 Å². The van der Waals surface area contributed by atoms with Crippen molar-refractivity contribution < 1.29 is 14.3 Å². The second-order valence-corrected chi connectivity index (χ2v) is 6.32. The first-order chi connectivity index (χ1) is 11.9. The number of carbonyl (C=O) groups excluding carboxylic acids is 2. The Labute approximate surface area is 156 Å². The van der Waals surface area contributed by atoms with Crippen molar-refractivity contribution in [1.82, 2.24) is 0 Å². The number of hydrogen-bond acceptors (Lipinski definition) is 3. The van der Waals surface area contributed by atoms with Crippen molar-refractivity contribution >= 4 is 46.4 Å². The van der Waals surface area contributed by atoms with E-state index in [-0.39, 0.29) is 17.5 Å². The van der Waals surface area contributed by atoms with E-state index in [0.717, 1.165) is 0 Å². The summed E-state index contributed by atoms with van der Waals surface area (Å²) in [6, 6.07) is 11.9. The Morgan fingerprint density at radius 2 is 1.56 bits per heavy atom. The fourth-order valence-electron chi connectivity index (χ4n) is 2.06. The lowest BCUT2D eigenvalue weighted by Crippen LogP contribution is -2.22. The number of benzene rings is 2. The molecule has 2 amide bonds. The molecule has 132 valence electrons. The van der Waals surface area contributed by atoms with Crippen molar-refractivity contribution in [1.29, 1.82) is 0 Å². The van der Waals surface area contributed by atoms with Crippen molar-refractivity contribution in [3.8, 4) is 5.75 Å². The van der Waals surface area contributed by atoms with Crippen LogP contribution in [0.2, 0.25) is 10.0 Å². The molecule has 2 N–H and O–H groups in total. The van der Waals surface area contributed by atoms with Gasteiger partial charge in [-0.15, -0.1) is 0 Å². The number of hydrogen-bond donors (Lipinski definition) is 2. The number of amides is 2. The van der Waals surface area contributed by atoms with Crippen LogP contribution in [0.4, 0.5) is 11.4 Å².